The van der Waals surface area contributed by atoms with Crippen LogP contribution in [0.3, 0.4) is 0 Å². The van der Waals surface area contributed by atoms with E-state index in [2.05, 4.69) is 26.3 Å². The number of aromatic nitrogens is 1. The first-order valence-electron chi connectivity index (χ1n) is 5.85. The van der Waals surface area contributed by atoms with Gasteiger partial charge in [-0.2, -0.15) is 0 Å². The predicted molar refractivity (Wildman–Crippen MR) is 83.5 cm³/mol. The molecule has 0 unspecified atom stereocenters. The average Bonchev–Trinajstić information content (AvgIpc) is 2.91. The second-order valence-corrected chi connectivity index (χ2v) is 6.53. The van der Waals surface area contributed by atoms with Crippen molar-refractivity contribution in [2.24, 2.45) is 0 Å². The maximum atomic E-state index is 11.7. The van der Waals surface area contributed by atoms with Crippen LogP contribution in [0, 0.1) is 0 Å². The van der Waals surface area contributed by atoms with Gasteiger partial charge in [-0.1, -0.05) is 30.3 Å². The summed E-state index contributed by atoms with van der Waals surface area (Å²) >= 11 is 3.18. The number of hydrogen-bond donors (Lipinski definition) is 3. The molecule has 2 rings (SSSR count). The van der Waals surface area contributed by atoms with Crippen molar-refractivity contribution in [3.8, 4) is 0 Å². The van der Waals surface area contributed by atoms with E-state index in [4.69, 9.17) is 0 Å². The maximum absolute atomic E-state index is 11.7. The molecule has 0 aliphatic rings. The smallest absolute Gasteiger partial charge is 0.282 e. The fourth-order valence-electron chi connectivity index (χ4n) is 1.45. The van der Waals surface area contributed by atoms with Crippen LogP contribution in [0.2, 0.25) is 0 Å². The molecule has 1 aromatic carbocycles. The minimum absolute atomic E-state index is 0.233. The van der Waals surface area contributed by atoms with E-state index >= 15 is 0 Å². The zero-order valence-electron chi connectivity index (χ0n) is 10.7. The van der Waals surface area contributed by atoms with Gasteiger partial charge in [0.05, 0.1) is 0 Å². The van der Waals surface area contributed by atoms with Gasteiger partial charge in [0.1, 0.15) is 5.69 Å². The lowest BCUT2D eigenvalue weighted by molar-refractivity contribution is 0.0941. The van der Waals surface area contributed by atoms with Gasteiger partial charge in [-0.3, -0.25) is 10.2 Å². The number of benzene rings is 1. The Bertz CT molecular complexity index is 754. The molecule has 2 aromatic rings. The molecule has 0 saturated heterocycles. The van der Waals surface area contributed by atoms with Crippen LogP contribution in [-0.4, -0.2) is 19.3 Å². The molecule has 0 fully saturated rings. The molecule has 0 aliphatic carbocycles. The average molecular weight is 370 g/mol. The molecule has 3 N–H and O–H groups in total. The van der Waals surface area contributed by atoms with Crippen LogP contribution in [0.15, 0.2) is 52.5 Å². The third kappa shape index (κ3) is 4.85. The second-order valence-electron chi connectivity index (χ2n) is 4.05. The molecular weight excluding hydrogens is 358 g/mol. The molecule has 0 saturated carbocycles. The summed E-state index contributed by atoms with van der Waals surface area (Å²) in [6.45, 7) is 0. The summed E-state index contributed by atoms with van der Waals surface area (Å²) in [5.41, 5.74) is 3.08. The van der Waals surface area contributed by atoms with Crippen LogP contribution in [0.1, 0.15) is 16.1 Å². The maximum Gasteiger partial charge on any atom is 0.282 e. The van der Waals surface area contributed by atoms with E-state index in [0.717, 1.165) is 11.0 Å². The van der Waals surface area contributed by atoms with Crippen molar-refractivity contribution >= 4 is 37.9 Å². The number of aromatic amines is 1. The summed E-state index contributed by atoms with van der Waals surface area (Å²) in [7, 11) is -3.76. The number of carbonyl (C=O) groups excluding carboxylic acids is 1. The van der Waals surface area contributed by atoms with Crippen LogP contribution in [-0.2, 0) is 10.0 Å². The lowest BCUT2D eigenvalue weighted by Gasteiger charge is -2.04. The molecule has 0 radical (unpaired) electrons. The monoisotopic (exact) mass is 369 g/mol. The third-order valence-corrected chi connectivity index (χ3v) is 3.78. The minimum atomic E-state index is -3.76. The molecule has 0 aliphatic heterocycles. The van der Waals surface area contributed by atoms with Gasteiger partial charge in [0.25, 0.3) is 15.9 Å². The van der Waals surface area contributed by atoms with Crippen molar-refractivity contribution in [2.45, 2.75) is 0 Å². The number of amides is 1. The molecule has 21 heavy (non-hydrogen) atoms. The molecule has 0 spiro atoms. The first-order valence-corrected chi connectivity index (χ1v) is 8.19. The quantitative estimate of drug-likeness (QED) is 0.704. The third-order valence-electron chi connectivity index (χ3n) is 2.44. The number of rotatable bonds is 5. The van der Waals surface area contributed by atoms with Gasteiger partial charge in [-0.25, -0.2) is 8.42 Å². The summed E-state index contributed by atoms with van der Waals surface area (Å²) in [5, 5.41) is 0.979. The molecule has 1 amide bonds. The summed E-state index contributed by atoms with van der Waals surface area (Å²) in [6, 6.07) is 10.5. The zero-order valence-corrected chi connectivity index (χ0v) is 13.1. The van der Waals surface area contributed by atoms with Gasteiger partial charge in [-0.05, 0) is 33.6 Å². The van der Waals surface area contributed by atoms with Crippen molar-refractivity contribution in [3.63, 3.8) is 0 Å². The van der Waals surface area contributed by atoms with Crippen LogP contribution in [0.25, 0.3) is 6.08 Å². The van der Waals surface area contributed by atoms with E-state index in [0.29, 0.717) is 4.47 Å². The topological polar surface area (TPSA) is 91.1 Å². The van der Waals surface area contributed by atoms with E-state index in [-0.39, 0.29) is 5.69 Å². The number of carbonyl (C=O) groups is 1. The molecule has 0 bridgehead atoms. The van der Waals surface area contributed by atoms with E-state index in [1.165, 1.54) is 12.1 Å². The fourth-order valence-corrected chi connectivity index (χ4v) is 2.43. The Morgan fingerprint density at radius 2 is 1.95 bits per heavy atom. The van der Waals surface area contributed by atoms with Gasteiger partial charge in [0.2, 0.25) is 0 Å². The number of H-pyrrole nitrogens is 1. The van der Waals surface area contributed by atoms with E-state index < -0.39 is 15.9 Å². The van der Waals surface area contributed by atoms with Crippen LogP contribution in [0.5, 0.6) is 0 Å². The Labute approximate surface area is 130 Å². The normalized spacial score (nSPS) is 11.7. The molecule has 1 heterocycles. The van der Waals surface area contributed by atoms with E-state index in [9.17, 15) is 13.2 Å². The molecule has 8 heteroatoms. The summed E-state index contributed by atoms with van der Waals surface area (Å²) < 4.78 is 24.1. The lowest BCUT2D eigenvalue weighted by Crippen LogP contribution is -2.40. The highest BCUT2D eigenvalue weighted by Gasteiger charge is 2.11. The van der Waals surface area contributed by atoms with Crippen molar-refractivity contribution in [2.75, 3.05) is 0 Å². The highest BCUT2D eigenvalue weighted by Crippen LogP contribution is 2.10. The highest BCUT2D eigenvalue weighted by molar-refractivity contribution is 9.10. The summed E-state index contributed by atoms with van der Waals surface area (Å²) in [4.78, 5) is 16.3. The molecular formula is C13H12BrN3O3S. The highest BCUT2D eigenvalue weighted by atomic mass is 79.9. The fraction of sp³-hybridized carbons (Fsp3) is 0. The zero-order chi connectivity index (χ0) is 15.3. The number of hydrogen-bond acceptors (Lipinski definition) is 3. The van der Waals surface area contributed by atoms with Gasteiger partial charge in [0.15, 0.2) is 0 Å². The van der Waals surface area contributed by atoms with Gasteiger partial charge < -0.3 is 4.98 Å². The first-order chi connectivity index (χ1) is 9.96. The van der Waals surface area contributed by atoms with Crippen LogP contribution >= 0.6 is 15.9 Å². The lowest BCUT2D eigenvalue weighted by atomic mass is 10.2. The van der Waals surface area contributed by atoms with Gasteiger partial charge >= 0.3 is 0 Å². The Morgan fingerprint density at radius 1 is 1.24 bits per heavy atom. The molecule has 110 valence electrons. The molecule has 6 nitrogen and oxygen atoms in total. The molecule has 1 aromatic heterocycles. The van der Waals surface area contributed by atoms with Gasteiger partial charge in [0, 0.05) is 16.1 Å². The number of hydrazine groups is 1. The Balaban J connectivity index is 1.95. The van der Waals surface area contributed by atoms with Crippen molar-refractivity contribution in [1.82, 2.24) is 15.2 Å². The Hall–Kier alpha value is -1.90. The van der Waals surface area contributed by atoms with Crippen LogP contribution < -0.4 is 10.3 Å². The summed E-state index contributed by atoms with van der Waals surface area (Å²) in [5.74, 6) is -0.586. The largest absolute Gasteiger partial charge is 0.356 e. The number of nitrogens with one attached hydrogen (secondary N) is 3. The van der Waals surface area contributed by atoms with Crippen molar-refractivity contribution in [3.05, 3.63) is 63.7 Å². The molecule has 0 atom stereocenters. The Morgan fingerprint density at radius 3 is 2.57 bits per heavy atom. The predicted octanol–water partition coefficient (Wildman–Crippen LogP) is 2.01. The number of sulfonamides is 1. The standard InChI is InChI=1S/C13H12BrN3O3S/c14-11-8-12(15-9-11)13(18)16-17-21(19,20)7-6-10-4-2-1-3-5-10/h1-9,15,17H,(H,16,18)/b7-6+. The summed E-state index contributed by atoms with van der Waals surface area (Å²) in [6.07, 6.45) is 3.00. The van der Waals surface area contributed by atoms with Crippen LogP contribution in [0.4, 0.5) is 0 Å². The minimum Gasteiger partial charge on any atom is -0.356 e. The first kappa shape index (κ1) is 15.5. The van der Waals surface area contributed by atoms with E-state index in [1.54, 1.807) is 30.5 Å². The Kier molecular flexibility index (Phi) is 4.94. The van der Waals surface area contributed by atoms with Gasteiger partial charge in [-0.15, -0.1) is 4.83 Å². The second kappa shape index (κ2) is 6.70. The SMILES string of the molecule is O=C(NNS(=O)(=O)/C=C/c1ccccc1)c1cc(Br)c[nH]1. The van der Waals surface area contributed by atoms with Crippen molar-refractivity contribution < 1.29 is 13.2 Å². The number of halogens is 1. The van der Waals surface area contributed by atoms with E-state index in [1.807, 2.05) is 10.9 Å². The van der Waals surface area contributed by atoms with Crippen molar-refractivity contribution in [1.29, 1.82) is 0 Å².